The van der Waals surface area contributed by atoms with Crippen molar-refractivity contribution in [2.75, 3.05) is 0 Å². The molecule has 2 heterocycles. The number of nitrogens with zero attached hydrogens (tertiary/aromatic N) is 2. The predicted molar refractivity (Wildman–Crippen MR) is 56.4 cm³/mol. The van der Waals surface area contributed by atoms with Gasteiger partial charge in [0.05, 0.1) is 17.3 Å². The van der Waals surface area contributed by atoms with Gasteiger partial charge in [-0.25, -0.2) is 4.99 Å². The zero-order valence-corrected chi connectivity index (χ0v) is 8.29. The average molecular weight is 200 g/mol. The molecular weight excluding hydrogens is 192 g/mol. The van der Waals surface area contributed by atoms with Crippen molar-refractivity contribution in [3.63, 3.8) is 0 Å². The van der Waals surface area contributed by atoms with E-state index < -0.39 is 0 Å². The predicted octanol–water partition coefficient (Wildman–Crippen LogP) is 1.83. The molecule has 3 rings (SSSR count). The molecule has 0 fully saturated rings. The van der Waals surface area contributed by atoms with E-state index in [9.17, 15) is 0 Å². The van der Waals surface area contributed by atoms with Crippen LogP contribution in [0.4, 0.5) is 5.00 Å². The maximum atomic E-state index is 4.59. The van der Waals surface area contributed by atoms with Crippen molar-refractivity contribution in [2.24, 2.45) is 9.98 Å². The van der Waals surface area contributed by atoms with Gasteiger partial charge >= 0.3 is 0 Å². The topological polar surface area (TPSA) is 24.7 Å². The van der Waals surface area contributed by atoms with Crippen LogP contribution in [0.2, 0.25) is 0 Å². The highest BCUT2D eigenvalue weighted by atomic mass is 32.1. The van der Waals surface area contributed by atoms with Crippen LogP contribution in [0.1, 0.15) is 5.56 Å². The van der Waals surface area contributed by atoms with Crippen LogP contribution < -0.4 is 10.7 Å². The minimum atomic E-state index is 0.749. The van der Waals surface area contributed by atoms with Crippen LogP contribution in [-0.2, 0) is 6.54 Å². The van der Waals surface area contributed by atoms with Gasteiger partial charge in [-0.2, -0.15) is 0 Å². The molecule has 0 spiro atoms. The minimum Gasteiger partial charge on any atom is -0.278 e. The average Bonchev–Trinajstić information content (AvgIpc) is 2.58. The number of thiophene rings is 1. The van der Waals surface area contributed by atoms with E-state index in [0.29, 0.717) is 0 Å². The Labute approximate surface area is 85.3 Å². The number of hydrogen-bond donors (Lipinski definition) is 0. The van der Waals surface area contributed by atoms with Crippen molar-refractivity contribution in [1.29, 1.82) is 0 Å². The molecule has 2 aromatic rings. The van der Waals surface area contributed by atoms with Crippen molar-refractivity contribution < 1.29 is 0 Å². The second kappa shape index (κ2) is 3.03. The van der Waals surface area contributed by atoms with Crippen LogP contribution in [-0.4, -0.2) is 0 Å². The Morgan fingerprint density at radius 3 is 2.86 bits per heavy atom. The summed E-state index contributed by atoms with van der Waals surface area (Å²) in [6.45, 7) is 0.749. The highest BCUT2D eigenvalue weighted by Crippen LogP contribution is 2.26. The summed E-state index contributed by atoms with van der Waals surface area (Å²) in [5.41, 5.74) is 1.23. The van der Waals surface area contributed by atoms with Crippen LogP contribution in [0, 0.1) is 0 Å². The molecule has 0 amide bonds. The highest BCUT2D eigenvalue weighted by molar-refractivity contribution is 7.14. The summed E-state index contributed by atoms with van der Waals surface area (Å²) in [5.74, 6) is 0. The molecule has 0 aliphatic carbocycles. The van der Waals surface area contributed by atoms with Crippen molar-refractivity contribution in [1.82, 2.24) is 0 Å². The summed E-state index contributed by atoms with van der Waals surface area (Å²) in [6, 6.07) is 10.1. The van der Waals surface area contributed by atoms with E-state index in [1.54, 1.807) is 11.3 Å². The normalized spacial score (nSPS) is 13.1. The number of hydrogen-bond acceptors (Lipinski definition) is 3. The lowest BCUT2D eigenvalue weighted by Crippen LogP contribution is -2.23. The Kier molecular flexibility index (Phi) is 1.70. The van der Waals surface area contributed by atoms with Crippen molar-refractivity contribution in [3.8, 4) is 0 Å². The molecule has 1 aromatic heterocycles. The van der Waals surface area contributed by atoms with E-state index in [1.807, 2.05) is 24.3 Å². The molecule has 0 atom stereocenters. The van der Waals surface area contributed by atoms with E-state index in [-0.39, 0.29) is 0 Å². The van der Waals surface area contributed by atoms with Gasteiger partial charge in [-0.05, 0) is 23.6 Å². The first-order valence-electron chi connectivity index (χ1n) is 4.48. The molecular formula is C11H8N2S. The van der Waals surface area contributed by atoms with Gasteiger partial charge < -0.3 is 0 Å². The summed E-state index contributed by atoms with van der Waals surface area (Å²) in [5, 5.41) is 5.14. The molecule has 2 nitrogen and oxygen atoms in total. The molecule has 0 radical (unpaired) electrons. The van der Waals surface area contributed by atoms with Gasteiger partial charge in [0.25, 0.3) is 0 Å². The summed E-state index contributed by atoms with van der Waals surface area (Å²) in [6.07, 6.45) is 0. The second-order valence-electron chi connectivity index (χ2n) is 3.17. The Hall–Kier alpha value is -1.48. The van der Waals surface area contributed by atoms with E-state index >= 15 is 0 Å². The van der Waals surface area contributed by atoms with Crippen LogP contribution >= 0.6 is 11.3 Å². The highest BCUT2D eigenvalue weighted by Gasteiger charge is 2.04. The Morgan fingerprint density at radius 1 is 1.07 bits per heavy atom. The number of para-hydroxylation sites is 2. The number of rotatable bonds is 0. The van der Waals surface area contributed by atoms with Crippen LogP contribution in [0.25, 0.3) is 0 Å². The third-order valence-corrected chi connectivity index (χ3v) is 3.10. The Balaban J connectivity index is 2.38. The Bertz CT molecular complexity index is 583. The van der Waals surface area contributed by atoms with Crippen molar-refractivity contribution in [3.05, 3.63) is 52.0 Å². The van der Waals surface area contributed by atoms with Gasteiger partial charge in [-0.3, -0.25) is 4.99 Å². The lowest BCUT2D eigenvalue weighted by Gasteiger charge is -1.88. The molecule has 68 valence electrons. The quantitative estimate of drug-likeness (QED) is 0.620. The number of fused-ring (bicyclic) bond motifs is 2. The maximum Gasteiger partial charge on any atom is 0.121 e. The third kappa shape index (κ3) is 1.17. The second-order valence-corrected chi connectivity index (χ2v) is 4.06. The van der Waals surface area contributed by atoms with E-state index in [0.717, 1.165) is 22.3 Å². The zero-order chi connectivity index (χ0) is 9.38. The van der Waals surface area contributed by atoms with E-state index in [2.05, 4.69) is 21.4 Å². The van der Waals surface area contributed by atoms with Gasteiger partial charge in [0.1, 0.15) is 5.00 Å². The molecule has 1 aliphatic rings. The summed E-state index contributed by atoms with van der Waals surface area (Å²) >= 11 is 1.68. The summed E-state index contributed by atoms with van der Waals surface area (Å²) in [4.78, 5) is 9.10. The molecule has 0 N–H and O–H groups in total. The van der Waals surface area contributed by atoms with Gasteiger partial charge in [0.2, 0.25) is 0 Å². The molecule has 0 unspecified atom stereocenters. The van der Waals surface area contributed by atoms with E-state index in [4.69, 9.17) is 0 Å². The standard InChI is InChI=1S/C11H8N2S/c1-2-4-10-9(3-1)12-7-8-5-6-14-11(8)13-10/h1-6H,7H2. The molecule has 1 aliphatic heterocycles. The van der Waals surface area contributed by atoms with Crippen LogP contribution in [0.5, 0.6) is 0 Å². The Morgan fingerprint density at radius 2 is 1.93 bits per heavy atom. The molecule has 14 heavy (non-hydrogen) atoms. The molecule has 0 saturated carbocycles. The fraction of sp³-hybridized carbons (Fsp3) is 0.0909. The molecule has 0 bridgehead atoms. The minimum absolute atomic E-state index is 0.749. The summed E-state index contributed by atoms with van der Waals surface area (Å²) < 4.78 is 0. The lowest BCUT2D eigenvalue weighted by molar-refractivity contribution is 1.02. The number of benzene rings is 1. The SMILES string of the molecule is c1ccc2c(c1)=NCc1ccsc1N=2. The lowest BCUT2D eigenvalue weighted by atomic mass is 10.3. The largest absolute Gasteiger partial charge is 0.278 e. The third-order valence-electron chi connectivity index (χ3n) is 2.25. The van der Waals surface area contributed by atoms with Gasteiger partial charge in [0.15, 0.2) is 0 Å². The fourth-order valence-electron chi connectivity index (χ4n) is 1.52. The molecule has 0 saturated heterocycles. The first-order valence-corrected chi connectivity index (χ1v) is 5.36. The monoisotopic (exact) mass is 200 g/mol. The first-order chi connectivity index (χ1) is 6.93. The first kappa shape index (κ1) is 7.88. The molecule has 3 heteroatoms. The van der Waals surface area contributed by atoms with Crippen LogP contribution in [0.3, 0.4) is 0 Å². The van der Waals surface area contributed by atoms with Crippen molar-refractivity contribution in [2.45, 2.75) is 6.54 Å². The fourth-order valence-corrected chi connectivity index (χ4v) is 2.31. The van der Waals surface area contributed by atoms with Crippen molar-refractivity contribution >= 4 is 16.3 Å². The zero-order valence-electron chi connectivity index (χ0n) is 7.47. The van der Waals surface area contributed by atoms with Gasteiger partial charge in [0, 0.05) is 5.56 Å². The molecule has 1 aromatic carbocycles. The van der Waals surface area contributed by atoms with E-state index in [1.165, 1.54) is 5.56 Å². The maximum absolute atomic E-state index is 4.59. The summed E-state index contributed by atoms with van der Waals surface area (Å²) in [7, 11) is 0. The van der Waals surface area contributed by atoms with Crippen LogP contribution in [0.15, 0.2) is 45.7 Å². The van der Waals surface area contributed by atoms with Gasteiger partial charge in [-0.15, -0.1) is 11.3 Å². The smallest absolute Gasteiger partial charge is 0.121 e. The van der Waals surface area contributed by atoms with Gasteiger partial charge in [-0.1, -0.05) is 12.1 Å².